The lowest BCUT2D eigenvalue weighted by atomic mass is 9.85. The molecule has 0 radical (unpaired) electrons. The van der Waals surface area contributed by atoms with Crippen LogP contribution >= 0.6 is 12.2 Å². The zero-order valence-electron chi connectivity index (χ0n) is 13.4. The summed E-state index contributed by atoms with van der Waals surface area (Å²) in [7, 11) is 0. The van der Waals surface area contributed by atoms with Gasteiger partial charge in [0, 0.05) is 18.2 Å². The standard InChI is InChI=1S/C18H21N3O2S/c22-17(14-5-2-6-14)21-15-7-1-4-13(10-15)11-19-18(24)20-12-16-8-3-9-23-16/h1,3-4,7-10,14H,2,5-6,11-12H2,(H,21,22)(H2,19,20,24). The van der Waals surface area contributed by atoms with Crippen molar-refractivity contribution in [3.63, 3.8) is 0 Å². The number of benzene rings is 1. The molecule has 1 aromatic carbocycles. The SMILES string of the molecule is O=C(Nc1cccc(CNC(=S)NCc2ccco2)c1)C1CCC1. The van der Waals surface area contributed by atoms with Crippen LogP contribution in [0, 0.1) is 5.92 Å². The Kier molecular flexibility index (Phi) is 5.48. The Morgan fingerprint density at radius 3 is 2.71 bits per heavy atom. The summed E-state index contributed by atoms with van der Waals surface area (Å²) in [6.45, 7) is 1.15. The number of carbonyl (C=O) groups is 1. The first-order chi connectivity index (χ1) is 11.7. The molecular weight excluding hydrogens is 322 g/mol. The molecule has 0 spiro atoms. The highest BCUT2D eigenvalue weighted by atomic mass is 32.1. The van der Waals surface area contributed by atoms with Gasteiger partial charge in [-0.2, -0.15) is 0 Å². The molecule has 0 unspecified atom stereocenters. The van der Waals surface area contributed by atoms with Crippen LogP contribution in [0.1, 0.15) is 30.6 Å². The molecule has 0 aliphatic heterocycles. The molecule has 126 valence electrons. The first-order valence-corrected chi connectivity index (χ1v) is 8.55. The average Bonchev–Trinajstić information content (AvgIpc) is 3.03. The highest BCUT2D eigenvalue weighted by Gasteiger charge is 2.25. The molecule has 1 aliphatic carbocycles. The summed E-state index contributed by atoms with van der Waals surface area (Å²) in [5.41, 5.74) is 1.89. The maximum Gasteiger partial charge on any atom is 0.227 e. The first kappa shape index (κ1) is 16.5. The van der Waals surface area contributed by atoms with Crippen molar-refractivity contribution in [1.29, 1.82) is 0 Å². The molecule has 1 heterocycles. The molecule has 5 nitrogen and oxygen atoms in total. The predicted molar refractivity (Wildman–Crippen MR) is 97.4 cm³/mol. The molecule has 0 bridgehead atoms. The summed E-state index contributed by atoms with van der Waals surface area (Å²) < 4.78 is 5.24. The van der Waals surface area contributed by atoms with Gasteiger partial charge in [0.1, 0.15) is 5.76 Å². The van der Waals surface area contributed by atoms with Gasteiger partial charge in [-0.15, -0.1) is 0 Å². The first-order valence-electron chi connectivity index (χ1n) is 8.14. The molecule has 0 atom stereocenters. The van der Waals surface area contributed by atoms with Gasteiger partial charge in [-0.05, 0) is 54.9 Å². The maximum absolute atomic E-state index is 12.0. The summed E-state index contributed by atoms with van der Waals surface area (Å²) in [6, 6.07) is 11.6. The van der Waals surface area contributed by atoms with E-state index in [0.717, 1.165) is 36.3 Å². The van der Waals surface area contributed by atoms with Crippen LogP contribution in [0.4, 0.5) is 5.69 Å². The molecule has 1 aromatic heterocycles. The fourth-order valence-electron chi connectivity index (χ4n) is 2.50. The minimum absolute atomic E-state index is 0.127. The summed E-state index contributed by atoms with van der Waals surface area (Å²) in [4.78, 5) is 12.0. The largest absolute Gasteiger partial charge is 0.467 e. The molecule has 1 saturated carbocycles. The average molecular weight is 343 g/mol. The van der Waals surface area contributed by atoms with Gasteiger partial charge < -0.3 is 20.4 Å². The van der Waals surface area contributed by atoms with E-state index in [1.54, 1.807) is 6.26 Å². The Balaban J connectivity index is 1.45. The van der Waals surface area contributed by atoms with E-state index in [9.17, 15) is 4.79 Å². The topological polar surface area (TPSA) is 66.3 Å². The molecule has 3 rings (SSSR count). The van der Waals surface area contributed by atoms with Crippen molar-refractivity contribution in [2.75, 3.05) is 5.32 Å². The van der Waals surface area contributed by atoms with Crippen LogP contribution in [-0.4, -0.2) is 11.0 Å². The Labute approximate surface area is 146 Å². The second-order valence-electron chi connectivity index (χ2n) is 5.93. The van der Waals surface area contributed by atoms with Crippen LogP contribution in [-0.2, 0) is 17.9 Å². The van der Waals surface area contributed by atoms with Gasteiger partial charge >= 0.3 is 0 Å². The minimum Gasteiger partial charge on any atom is -0.467 e. The van der Waals surface area contributed by atoms with Crippen LogP contribution in [0.25, 0.3) is 0 Å². The third-order valence-corrected chi connectivity index (χ3v) is 4.42. The number of nitrogens with one attached hydrogen (secondary N) is 3. The highest BCUT2D eigenvalue weighted by molar-refractivity contribution is 7.80. The number of thiocarbonyl (C=S) groups is 1. The van der Waals surface area contributed by atoms with E-state index in [2.05, 4.69) is 16.0 Å². The number of amides is 1. The Hall–Kier alpha value is -2.34. The lowest BCUT2D eigenvalue weighted by molar-refractivity contribution is -0.122. The molecule has 0 saturated heterocycles. The van der Waals surface area contributed by atoms with E-state index in [-0.39, 0.29) is 11.8 Å². The number of hydrogen-bond donors (Lipinski definition) is 3. The molecule has 1 fully saturated rings. The van der Waals surface area contributed by atoms with Crippen LogP contribution in [0.5, 0.6) is 0 Å². The fourth-order valence-corrected chi connectivity index (χ4v) is 2.64. The van der Waals surface area contributed by atoms with Gasteiger partial charge in [0.25, 0.3) is 0 Å². The molecule has 6 heteroatoms. The normalized spacial score (nSPS) is 13.8. The van der Waals surface area contributed by atoms with Crippen molar-refractivity contribution < 1.29 is 9.21 Å². The molecule has 24 heavy (non-hydrogen) atoms. The van der Waals surface area contributed by atoms with Crippen molar-refractivity contribution in [2.45, 2.75) is 32.4 Å². The van der Waals surface area contributed by atoms with Crippen molar-refractivity contribution in [3.05, 3.63) is 54.0 Å². The third kappa shape index (κ3) is 4.58. The van der Waals surface area contributed by atoms with E-state index in [0.29, 0.717) is 18.2 Å². The summed E-state index contributed by atoms with van der Waals surface area (Å²) >= 11 is 5.25. The van der Waals surface area contributed by atoms with Gasteiger partial charge in [0.15, 0.2) is 5.11 Å². The van der Waals surface area contributed by atoms with Gasteiger partial charge in [-0.1, -0.05) is 18.6 Å². The molecule has 3 N–H and O–H groups in total. The Bertz CT molecular complexity index is 696. The highest BCUT2D eigenvalue weighted by Crippen LogP contribution is 2.27. The zero-order chi connectivity index (χ0) is 16.8. The zero-order valence-corrected chi connectivity index (χ0v) is 14.2. The smallest absolute Gasteiger partial charge is 0.227 e. The molecular formula is C18H21N3O2S. The van der Waals surface area contributed by atoms with Gasteiger partial charge in [-0.3, -0.25) is 4.79 Å². The van der Waals surface area contributed by atoms with E-state index in [4.69, 9.17) is 16.6 Å². The lowest BCUT2D eigenvalue weighted by Gasteiger charge is -2.24. The number of anilines is 1. The van der Waals surface area contributed by atoms with E-state index < -0.39 is 0 Å². The third-order valence-electron chi connectivity index (χ3n) is 4.13. The van der Waals surface area contributed by atoms with Crippen LogP contribution in [0.3, 0.4) is 0 Å². The minimum atomic E-state index is 0.127. The number of rotatable bonds is 6. The van der Waals surface area contributed by atoms with Crippen molar-refractivity contribution in [1.82, 2.24) is 10.6 Å². The quantitative estimate of drug-likeness (QED) is 0.703. The second-order valence-corrected chi connectivity index (χ2v) is 6.34. The fraction of sp³-hybridized carbons (Fsp3) is 0.333. The van der Waals surface area contributed by atoms with Crippen molar-refractivity contribution in [3.8, 4) is 0 Å². The van der Waals surface area contributed by atoms with Crippen LogP contribution < -0.4 is 16.0 Å². The summed E-state index contributed by atoms with van der Waals surface area (Å²) in [5.74, 6) is 1.15. The van der Waals surface area contributed by atoms with Crippen molar-refractivity contribution in [2.24, 2.45) is 5.92 Å². The van der Waals surface area contributed by atoms with E-state index >= 15 is 0 Å². The Morgan fingerprint density at radius 1 is 1.17 bits per heavy atom. The van der Waals surface area contributed by atoms with Gasteiger partial charge in [0.2, 0.25) is 5.91 Å². The number of furan rings is 1. The molecule has 2 aromatic rings. The number of carbonyl (C=O) groups excluding carboxylic acids is 1. The van der Waals surface area contributed by atoms with Crippen LogP contribution in [0.15, 0.2) is 47.1 Å². The van der Waals surface area contributed by atoms with Crippen molar-refractivity contribution >= 4 is 28.9 Å². The maximum atomic E-state index is 12.0. The molecule has 1 aliphatic rings. The van der Waals surface area contributed by atoms with Gasteiger partial charge in [0.05, 0.1) is 12.8 Å². The summed E-state index contributed by atoms with van der Waals surface area (Å²) in [6.07, 6.45) is 4.80. The van der Waals surface area contributed by atoms with Crippen LogP contribution in [0.2, 0.25) is 0 Å². The monoisotopic (exact) mass is 343 g/mol. The molecule has 1 amide bonds. The number of hydrogen-bond acceptors (Lipinski definition) is 3. The van der Waals surface area contributed by atoms with Gasteiger partial charge in [-0.25, -0.2) is 0 Å². The van der Waals surface area contributed by atoms with E-state index in [1.165, 1.54) is 0 Å². The Morgan fingerprint density at radius 2 is 2.00 bits per heavy atom. The summed E-state index contributed by atoms with van der Waals surface area (Å²) in [5, 5.41) is 9.80. The van der Waals surface area contributed by atoms with E-state index in [1.807, 2.05) is 36.4 Å². The predicted octanol–water partition coefficient (Wildman–Crippen LogP) is 3.18. The second kappa shape index (κ2) is 7.97. The lowest BCUT2D eigenvalue weighted by Crippen LogP contribution is -2.34.